The van der Waals surface area contributed by atoms with Crippen molar-refractivity contribution in [1.82, 2.24) is 15.3 Å². The molecule has 0 bridgehead atoms. The Kier molecular flexibility index (Phi) is 3.82. The van der Waals surface area contributed by atoms with Crippen LogP contribution >= 0.6 is 0 Å². The maximum absolute atomic E-state index is 11.4. The summed E-state index contributed by atoms with van der Waals surface area (Å²) in [7, 11) is 0. The third-order valence-electron chi connectivity index (χ3n) is 4.02. The van der Waals surface area contributed by atoms with Crippen LogP contribution in [0.25, 0.3) is 0 Å². The fraction of sp³-hybridized carbons (Fsp3) is 0.643. The Bertz CT molecular complexity index is 510. The van der Waals surface area contributed by atoms with Crippen molar-refractivity contribution in [3.63, 3.8) is 0 Å². The van der Waals surface area contributed by atoms with Crippen LogP contribution in [0.1, 0.15) is 47.4 Å². The van der Waals surface area contributed by atoms with E-state index in [4.69, 9.17) is 0 Å². The van der Waals surface area contributed by atoms with Crippen LogP contribution in [0.15, 0.2) is 0 Å². The van der Waals surface area contributed by atoms with E-state index in [9.17, 15) is 9.90 Å². The van der Waals surface area contributed by atoms with E-state index < -0.39 is 5.97 Å². The van der Waals surface area contributed by atoms with Crippen LogP contribution in [0.4, 0.5) is 5.95 Å². The molecule has 0 spiro atoms. The van der Waals surface area contributed by atoms with Gasteiger partial charge in [0.05, 0.1) is 5.69 Å². The summed E-state index contributed by atoms with van der Waals surface area (Å²) < 4.78 is 0. The van der Waals surface area contributed by atoms with Crippen molar-refractivity contribution in [3.8, 4) is 0 Å². The van der Waals surface area contributed by atoms with Gasteiger partial charge in [-0.15, -0.1) is 0 Å². The predicted octanol–water partition coefficient (Wildman–Crippen LogP) is 1.20. The Balaban J connectivity index is 1.98. The first kappa shape index (κ1) is 13.3. The zero-order chi connectivity index (χ0) is 13.9. The molecule has 0 atom stereocenters. The molecule has 0 unspecified atom stereocenters. The predicted molar refractivity (Wildman–Crippen MR) is 75.1 cm³/mol. The Hall–Kier alpha value is -1.69. The second-order valence-corrected chi connectivity index (χ2v) is 5.43. The molecular weight excluding hydrogens is 256 g/mol. The molecule has 2 aliphatic rings. The molecule has 2 N–H and O–H groups in total. The van der Waals surface area contributed by atoms with E-state index in [1.54, 1.807) is 0 Å². The molecule has 108 valence electrons. The Morgan fingerprint density at radius 3 is 2.60 bits per heavy atom. The molecule has 1 aromatic heterocycles. The normalized spacial score (nSPS) is 19.3. The van der Waals surface area contributed by atoms with Gasteiger partial charge in [0, 0.05) is 25.2 Å². The number of carbonyl (C=O) groups is 1. The zero-order valence-electron chi connectivity index (χ0n) is 11.6. The van der Waals surface area contributed by atoms with Gasteiger partial charge >= 0.3 is 5.97 Å². The summed E-state index contributed by atoms with van der Waals surface area (Å²) in [5.41, 5.74) is 1.84. The van der Waals surface area contributed by atoms with Crippen LogP contribution in [0.2, 0.25) is 0 Å². The molecule has 0 aromatic carbocycles. The van der Waals surface area contributed by atoms with Crippen molar-refractivity contribution in [2.24, 2.45) is 0 Å². The molecule has 1 fully saturated rings. The number of aromatic nitrogens is 2. The van der Waals surface area contributed by atoms with E-state index in [1.165, 1.54) is 12.8 Å². The van der Waals surface area contributed by atoms with Crippen molar-refractivity contribution >= 4 is 11.9 Å². The van der Waals surface area contributed by atoms with Crippen LogP contribution in [-0.2, 0) is 13.0 Å². The highest BCUT2D eigenvalue weighted by molar-refractivity contribution is 5.87. The van der Waals surface area contributed by atoms with Gasteiger partial charge in [-0.2, -0.15) is 0 Å². The van der Waals surface area contributed by atoms with Crippen LogP contribution in [-0.4, -0.2) is 40.7 Å². The molecule has 6 heteroatoms. The van der Waals surface area contributed by atoms with Gasteiger partial charge in [0.1, 0.15) is 0 Å². The topological polar surface area (TPSA) is 78.3 Å². The average Bonchev–Trinajstić information content (AvgIpc) is 2.75. The number of aromatic carboxylic acids is 1. The van der Waals surface area contributed by atoms with Gasteiger partial charge in [0.15, 0.2) is 5.69 Å². The Morgan fingerprint density at radius 1 is 1.15 bits per heavy atom. The maximum atomic E-state index is 11.4. The lowest BCUT2D eigenvalue weighted by Gasteiger charge is -2.24. The van der Waals surface area contributed by atoms with Crippen LogP contribution in [0, 0.1) is 0 Å². The fourth-order valence-electron chi connectivity index (χ4n) is 2.94. The molecule has 0 radical (unpaired) electrons. The minimum absolute atomic E-state index is 0.191. The number of carboxylic acid groups (broad SMARTS) is 1. The first-order valence-corrected chi connectivity index (χ1v) is 7.34. The van der Waals surface area contributed by atoms with E-state index in [0.29, 0.717) is 18.9 Å². The quantitative estimate of drug-likeness (QED) is 0.845. The van der Waals surface area contributed by atoms with Crippen molar-refractivity contribution < 1.29 is 9.90 Å². The SMILES string of the molecule is O=C(O)c1nc(N2CCCCCC2)nc2c1CCNC2. The lowest BCUT2D eigenvalue weighted by Crippen LogP contribution is -2.31. The van der Waals surface area contributed by atoms with Gasteiger partial charge in [-0.1, -0.05) is 12.8 Å². The van der Waals surface area contributed by atoms with E-state index in [2.05, 4.69) is 20.2 Å². The first-order chi connectivity index (χ1) is 9.75. The van der Waals surface area contributed by atoms with Crippen LogP contribution < -0.4 is 10.2 Å². The summed E-state index contributed by atoms with van der Waals surface area (Å²) in [6.07, 6.45) is 5.41. The van der Waals surface area contributed by atoms with E-state index in [-0.39, 0.29) is 5.69 Å². The van der Waals surface area contributed by atoms with Gasteiger partial charge in [0.25, 0.3) is 0 Å². The molecule has 2 aliphatic heterocycles. The average molecular weight is 276 g/mol. The molecule has 20 heavy (non-hydrogen) atoms. The van der Waals surface area contributed by atoms with Crippen molar-refractivity contribution in [3.05, 3.63) is 17.0 Å². The first-order valence-electron chi connectivity index (χ1n) is 7.34. The second kappa shape index (κ2) is 5.75. The standard InChI is InChI=1S/C14H20N4O2/c19-13(20)12-10-5-6-15-9-11(10)16-14(17-12)18-7-3-1-2-4-8-18/h15H,1-9H2,(H,19,20). The number of fused-ring (bicyclic) bond motifs is 1. The monoisotopic (exact) mass is 276 g/mol. The number of nitrogens with one attached hydrogen (secondary N) is 1. The minimum atomic E-state index is -0.943. The van der Waals surface area contributed by atoms with E-state index in [1.807, 2.05) is 0 Å². The summed E-state index contributed by atoms with van der Waals surface area (Å²) in [6, 6.07) is 0. The highest BCUT2D eigenvalue weighted by atomic mass is 16.4. The summed E-state index contributed by atoms with van der Waals surface area (Å²) in [6.45, 7) is 3.27. The van der Waals surface area contributed by atoms with Crippen LogP contribution in [0.3, 0.4) is 0 Å². The van der Waals surface area contributed by atoms with Gasteiger partial charge in [0.2, 0.25) is 5.95 Å². The third kappa shape index (κ3) is 2.60. The number of hydrogen-bond acceptors (Lipinski definition) is 5. The molecule has 3 rings (SSSR count). The van der Waals surface area contributed by atoms with Crippen LogP contribution in [0.5, 0.6) is 0 Å². The molecule has 0 saturated carbocycles. The largest absolute Gasteiger partial charge is 0.476 e. The highest BCUT2D eigenvalue weighted by Gasteiger charge is 2.23. The number of nitrogens with zero attached hydrogens (tertiary/aromatic N) is 3. The number of carboxylic acids is 1. The Labute approximate surface area is 118 Å². The summed E-state index contributed by atoms with van der Waals surface area (Å²) in [5.74, 6) is -0.353. The van der Waals surface area contributed by atoms with Crippen molar-refractivity contribution in [1.29, 1.82) is 0 Å². The molecule has 6 nitrogen and oxygen atoms in total. The number of hydrogen-bond donors (Lipinski definition) is 2. The number of anilines is 1. The maximum Gasteiger partial charge on any atom is 0.354 e. The molecule has 1 aromatic rings. The Morgan fingerprint density at radius 2 is 1.90 bits per heavy atom. The summed E-state index contributed by atoms with van der Waals surface area (Å²) in [4.78, 5) is 22.5. The van der Waals surface area contributed by atoms with Gasteiger partial charge in [-0.3, -0.25) is 0 Å². The lowest BCUT2D eigenvalue weighted by molar-refractivity contribution is 0.0688. The number of rotatable bonds is 2. The molecule has 3 heterocycles. The molecule has 0 amide bonds. The van der Waals surface area contributed by atoms with Crippen molar-refractivity contribution in [2.45, 2.75) is 38.6 Å². The van der Waals surface area contributed by atoms with E-state index in [0.717, 1.165) is 43.7 Å². The minimum Gasteiger partial charge on any atom is -0.476 e. The lowest BCUT2D eigenvalue weighted by atomic mass is 10.0. The molecule has 0 aliphatic carbocycles. The highest BCUT2D eigenvalue weighted by Crippen LogP contribution is 2.22. The zero-order valence-corrected chi connectivity index (χ0v) is 11.6. The third-order valence-corrected chi connectivity index (χ3v) is 4.02. The summed E-state index contributed by atoms with van der Waals surface area (Å²) in [5, 5.41) is 12.6. The van der Waals surface area contributed by atoms with Gasteiger partial charge in [-0.05, 0) is 25.8 Å². The summed E-state index contributed by atoms with van der Waals surface area (Å²) >= 11 is 0. The molecule has 1 saturated heterocycles. The smallest absolute Gasteiger partial charge is 0.354 e. The van der Waals surface area contributed by atoms with Gasteiger partial charge < -0.3 is 15.3 Å². The second-order valence-electron chi connectivity index (χ2n) is 5.43. The van der Waals surface area contributed by atoms with Crippen molar-refractivity contribution in [2.75, 3.05) is 24.5 Å². The van der Waals surface area contributed by atoms with Gasteiger partial charge in [-0.25, -0.2) is 14.8 Å². The fourth-order valence-corrected chi connectivity index (χ4v) is 2.94. The molecular formula is C14H20N4O2. The van der Waals surface area contributed by atoms with E-state index >= 15 is 0 Å².